The fraction of sp³-hybridized carbons (Fsp3) is 0.0435. The monoisotopic (exact) mass is 386 g/mol. The number of hydrogen-bond acceptors (Lipinski definition) is 3. The summed E-state index contributed by atoms with van der Waals surface area (Å²) in [5.41, 5.74) is 2.22. The van der Waals surface area contributed by atoms with Gasteiger partial charge in [-0.2, -0.15) is 4.73 Å². The zero-order chi connectivity index (χ0) is 19.3. The smallest absolute Gasteiger partial charge is 0.329 e. The van der Waals surface area contributed by atoms with Crippen LogP contribution in [0.1, 0.15) is 6.92 Å². The van der Waals surface area contributed by atoms with Crippen LogP contribution in [0.15, 0.2) is 72.8 Å². The number of fused-ring (bicyclic) bond motifs is 6. The van der Waals surface area contributed by atoms with Crippen molar-refractivity contribution in [3.63, 3.8) is 0 Å². The van der Waals surface area contributed by atoms with Gasteiger partial charge in [0.2, 0.25) is 0 Å². The molecule has 0 atom stereocenters. The van der Waals surface area contributed by atoms with Crippen LogP contribution >= 0.6 is 11.6 Å². The molecule has 0 aliphatic rings. The van der Waals surface area contributed by atoms with Crippen LogP contribution in [0, 0.1) is 0 Å². The summed E-state index contributed by atoms with van der Waals surface area (Å²) < 4.78 is 1.51. The number of rotatable bonds is 2. The first-order valence-electron chi connectivity index (χ1n) is 8.91. The van der Waals surface area contributed by atoms with Crippen LogP contribution < -0.4 is 4.84 Å². The van der Waals surface area contributed by atoms with E-state index in [2.05, 4.69) is 12.1 Å². The molecule has 0 aliphatic heterocycles. The van der Waals surface area contributed by atoms with Gasteiger partial charge in [0.15, 0.2) is 5.82 Å². The van der Waals surface area contributed by atoms with E-state index < -0.39 is 5.97 Å². The van der Waals surface area contributed by atoms with Crippen molar-refractivity contribution in [3.8, 4) is 11.4 Å². The van der Waals surface area contributed by atoms with Crippen LogP contribution in [-0.2, 0) is 4.79 Å². The van der Waals surface area contributed by atoms with Gasteiger partial charge in [-0.15, -0.1) is 0 Å². The van der Waals surface area contributed by atoms with Gasteiger partial charge in [0.1, 0.15) is 11.0 Å². The van der Waals surface area contributed by atoms with Gasteiger partial charge in [-0.25, -0.2) is 9.78 Å². The standard InChI is InChI=1S/C23H15ClN2O2/c1-14(27)28-26-22-18-11-5-3-9-16(18)15-8-2-4-10-17(15)21(22)25-23(26)19-12-6-7-13-20(19)24/h2-13H,1H3. The maximum absolute atomic E-state index is 11.9. The average molecular weight is 387 g/mol. The molecule has 0 spiro atoms. The third kappa shape index (κ3) is 2.46. The van der Waals surface area contributed by atoms with Gasteiger partial charge >= 0.3 is 5.97 Å². The zero-order valence-corrected chi connectivity index (χ0v) is 15.8. The lowest BCUT2D eigenvalue weighted by Crippen LogP contribution is -2.17. The molecular formula is C23H15ClN2O2. The number of halogens is 1. The number of carbonyl (C=O) groups excluding carboxylic acids is 1. The van der Waals surface area contributed by atoms with E-state index in [0.717, 1.165) is 32.6 Å². The minimum Gasteiger partial charge on any atom is -0.335 e. The van der Waals surface area contributed by atoms with E-state index in [0.29, 0.717) is 16.4 Å². The molecule has 4 nitrogen and oxygen atoms in total. The maximum atomic E-state index is 11.9. The van der Waals surface area contributed by atoms with E-state index in [1.54, 1.807) is 6.07 Å². The Hall–Kier alpha value is -3.37. The molecule has 5 aromatic rings. The number of benzene rings is 4. The Morgan fingerprint density at radius 1 is 0.857 bits per heavy atom. The normalized spacial score (nSPS) is 11.4. The number of nitrogens with zero attached hydrogens (tertiary/aromatic N) is 2. The van der Waals surface area contributed by atoms with Crippen molar-refractivity contribution in [3.05, 3.63) is 77.8 Å². The molecule has 0 N–H and O–H groups in total. The summed E-state index contributed by atoms with van der Waals surface area (Å²) in [6.45, 7) is 1.38. The summed E-state index contributed by atoms with van der Waals surface area (Å²) >= 11 is 6.44. The molecule has 0 saturated carbocycles. The maximum Gasteiger partial charge on any atom is 0.329 e. The van der Waals surface area contributed by atoms with E-state index in [1.165, 1.54) is 11.7 Å². The Morgan fingerprint density at radius 2 is 1.43 bits per heavy atom. The average Bonchev–Trinajstić information content (AvgIpc) is 3.07. The summed E-state index contributed by atoms with van der Waals surface area (Å²) in [5, 5.41) is 4.67. The van der Waals surface area contributed by atoms with Crippen molar-refractivity contribution in [2.75, 3.05) is 0 Å². The van der Waals surface area contributed by atoms with Crippen LogP contribution in [-0.4, -0.2) is 15.7 Å². The second-order valence-corrected chi connectivity index (χ2v) is 6.99. The molecule has 0 saturated heterocycles. The molecule has 28 heavy (non-hydrogen) atoms. The fourth-order valence-electron chi connectivity index (χ4n) is 3.71. The lowest BCUT2D eigenvalue weighted by molar-refractivity contribution is -0.140. The van der Waals surface area contributed by atoms with E-state index in [-0.39, 0.29) is 0 Å². The quantitative estimate of drug-likeness (QED) is 0.369. The highest BCUT2D eigenvalue weighted by Gasteiger charge is 2.21. The zero-order valence-electron chi connectivity index (χ0n) is 15.0. The minimum atomic E-state index is -0.426. The van der Waals surface area contributed by atoms with Crippen molar-refractivity contribution in [2.45, 2.75) is 6.92 Å². The van der Waals surface area contributed by atoms with Crippen LogP contribution in [0.2, 0.25) is 5.02 Å². The van der Waals surface area contributed by atoms with Gasteiger partial charge in [0.05, 0.1) is 5.02 Å². The molecule has 5 rings (SSSR count). The first kappa shape index (κ1) is 16.8. The Kier molecular flexibility index (Phi) is 3.81. The minimum absolute atomic E-state index is 0.426. The van der Waals surface area contributed by atoms with Crippen LogP contribution in [0.4, 0.5) is 0 Å². The second kappa shape index (κ2) is 6.36. The Bertz CT molecular complexity index is 1390. The van der Waals surface area contributed by atoms with E-state index in [4.69, 9.17) is 21.4 Å². The highest BCUT2D eigenvalue weighted by Crippen LogP contribution is 2.38. The molecule has 0 fully saturated rings. The van der Waals surface area contributed by atoms with Crippen molar-refractivity contribution in [1.29, 1.82) is 0 Å². The van der Waals surface area contributed by atoms with Gasteiger partial charge in [0.25, 0.3) is 0 Å². The summed E-state index contributed by atoms with van der Waals surface area (Å²) in [6, 6.07) is 23.6. The second-order valence-electron chi connectivity index (χ2n) is 6.58. The molecule has 0 radical (unpaired) electrons. The summed E-state index contributed by atoms with van der Waals surface area (Å²) in [7, 11) is 0. The van der Waals surface area contributed by atoms with Gasteiger partial charge in [0, 0.05) is 23.3 Å². The van der Waals surface area contributed by atoms with Gasteiger partial charge in [-0.05, 0) is 22.9 Å². The predicted molar refractivity (Wildman–Crippen MR) is 112 cm³/mol. The highest BCUT2D eigenvalue weighted by molar-refractivity contribution is 6.33. The van der Waals surface area contributed by atoms with Gasteiger partial charge < -0.3 is 4.84 Å². The molecule has 0 amide bonds. The summed E-state index contributed by atoms with van der Waals surface area (Å²) in [5.74, 6) is 0.0714. The topological polar surface area (TPSA) is 44.1 Å². The molecule has 1 heterocycles. The van der Waals surface area contributed by atoms with Crippen molar-refractivity contribution < 1.29 is 9.63 Å². The van der Waals surface area contributed by atoms with Crippen LogP contribution in [0.3, 0.4) is 0 Å². The number of carbonyl (C=O) groups is 1. The molecule has 0 unspecified atom stereocenters. The SMILES string of the molecule is CC(=O)On1c(-c2ccccc2Cl)nc2c3ccccc3c3ccccc3c21. The first-order valence-corrected chi connectivity index (χ1v) is 9.28. The molecule has 0 aliphatic carbocycles. The molecular weight excluding hydrogens is 372 g/mol. The highest BCUT2D eigenvalue weighted by atomic mass is 35.5. The summed E-state index contributed by atoms with van der Waals surface area (Å²) in [4.78, 5) is 22.4. The molecule has 4 aromatic carbocycles. The fourth-order valence-corrected chi connectivity index (χ4v) is 3.93. The van der Waals surface area contributed by atoms with Gasteiger partial charge in [-0.1, -0.05) is 72.3 Å². The Labute approximate surface area is 165 Å². The molecule has 1 aromatic heterocycles. The number of imidazole rings is 1. The van der Waals surface area contributed by atoms with E-state index in [9.17, 15) is 4.79 Å². The molecule has 5 heteroatoms. The Morgan fingerprint density at radius 3 is 2.11 bits per heavy atom. The van der Waals surface area contributed by atoms with Crippen molar-refractivity contribution in [1.82, 2.24) is 9.71 Å². The third-order valence-electron chi connectivity index (χ3n) is 4.83. The molecule has 136 valence electrons. The van der Waals surface area contributed by atoms with Crippen LogP contribution in [0.25, 0.3) is 44.0 Å². The van der Waals surface area contributed by atoms with Gasteiger partial charge in [-0.3, -0.25) is 0 Å². The largest absolute Gasteiger partial charge is 0.335 e. The third-order valence-corrected chi connectivity index (χ3v) is 5.16. The van der Waals surface area contributed by atoms with E-state index >= 15 is 0 Å². The Balaban J connectivity index is 2.03. The van der Waals surface area contributed by atoms with Crippen molar-refractivity contribution >= 4 is 50.1 Å². The first-order chi connectivity index (χ1) is 13.6. The van der Waals surface area contributed by atoms with Crippen LogP contribution in [0.5, 0.6) is 0 Å². The molecule has 0 bridgehead atoms. The van der Waals surface area contributed by atoms with Crippen molar-refractivity contribution in [2.24, 2.45) is 0 Å². The lowest BCUT2D eigenvalue weighted by atomic mass is 10.0. The number of hydrogen-bond donors (Lipinski definition) is 0. The lowest BCUT2D eigenvalue weighted by Gasteiger charge is -2.11. The summed E-state index contributed by atoms with van der Waals surface area (Å²) in [6.07, 6.45) is 0. The predicted octanol–water partition coefficient (Wildman–Crippen LogP) is 5.64. The number of aromatic nitrogens is 2. The van der Waals surface area contributed by atoms with E-state index in [1.807, 2.05) is 54.6 Å².